The number of hydrogen-bond donors (Lipinski definition) is 1. The van der Waals surface area contributed by atoms with Crippen molar-refractivity contribution in [3.05, 3.63) is 0 Å². The highest BCUT2D eigenvalue weighted by Crippen LogP contribution is 2.09. The Hall–Kier alpha value is -0.120. The number of ether oxygens (including phenoxy) is 1. The van der Waals surface area contributed by atoms with E-state index in [9.17, 15) is 0 Å². The number of nitrogens with zero attached hydrogens (tertiary/aromatic N) is 1. The van der Waals surface area contributed by atoms with Crippen LogP contribution >= 0.6 is 0 Å². The van der Waals surface area contributed by atoms with Gasteiger partial charge in [0.25, 0.3) is 0 Å². The topological polar surface area (TPSA) is 24.5 Å². The van der Waals surface area contributed by atoms with Crippen molar-refractivity contribution in [3.8, 4) is 0 Å². The second kappa shape index (κ2) is 7.20. The van der Waals surface area contributed by atoms with E-state index in [0.29, 0.717) is 12.1 Å². The number of nitrogens with one attached hydrogen (secondary N) is 1. The highest BCUT2D eigenvalue weighted by Gasteiger charge is 2.23. The summed E-state index contributed by atoms with van der Waals surface area (Å²) in [5, 5.41) is 3.39. The number of likely N-dealkylation sites (N-methyl/N-ethyl adjacent to an activating group) is 1. The Bertz CT molecular complexity index is 158. The molecular weight excluding hydrogens is 188 g/mol. The molecule has 0 bridgehead atoms. The van der Waals surface area contributed by atoms with Crippen LogP contribution in [0.4, 0.5) is 0 Å². The van der Waals surface area contributed by atoms with Gasteiger partial charge in [-0.15, -0.1) is 0 Å². The average Bonchev–Trinajstić information content (AvgIpc) is 2.29. The summed E-state index contributed by atoms with van der Waals surface area (Å²) in [5.41, 5.74) is 0. The molecule has 0 radical (unpaired) electrons. The quantitative estimate of drug-likeness (QED) is 0.678. The van der Waals surface area contributed by atoms with E-state index in [4.69, 9.17) is 4.74 Å². The van der Waals surface area contributed by atoms with Crippen LogP contribution in [0.5, 0.6) is 0 Å². The molecule has 0 amide bonds. The van der Waals surface area contributed by atoms with Crippen LogP contribution in [-0.4, -0.2) is 50.3 Å². The first-order chi connectivity index (χ1) is 7.25. The van der Waals surface area contributed by atoms with Gasteiger partial charge in [-0.25, -0.2) is 0 Å². The molecule has 1 rings (SSSR count). The van der Waals surface area contributed by atoms with Crippen molar-refractivity contribution in [1.82, 2.24) is 10.2 Å². The number of unbranched alkanes of at least 4 members (excludes halogenated alkanes) is 2. The van der Waals surface area contributed by atoms with Gasteiger partial charge in [-0.05, 0) is 26.9 Å². The molecule has 0 saturated carbocycles. The number of morpholine rings is 1. The van der Waals surface area contributed by atoms with E-state index in [0.717, 1.165) is 19.7 Å². The van der Waals surface area contributed by atoms with Gasteiger partial charge in [0, 0.05) is 19.1 Å². The van der Waals surface area contributed by atoms with Crippen molar-refractivity contribution in [2.45, 2.75) is 45.3 Å². The van der Waals surface area contributed by atoms with Gasteiger partial charge in [-0.1, -0.05) is 19.8 Å². The van der Waals surface area contributed by atoms with Crippen molar-refractivity contribution in [2.24, 2.45) is 0 Å². The third kappa shape index (κ3) is 4.49. The van der Waals surface area contributed by atoms with Crippen LogP contribution in [0, 0.1) is 0 Å². The second-order valence-corrected chi connectivity index (χ2v) is 4.54. The van der Waals surface area contributed by atoms with E-state index in [2.05, 4.69) is 31.1 Å². The van der Waals surface area contributed by atoms with Gasteiger partial charge < -0.3 is 15.0 Å². The van der Waals surface area contributed by atoms with Gasteiger partial charge in [0.05, 0.1) is 12.7 Å². The Morgan fingerprint density at radius 3 is 2.87 bits per heavy atom. The lowest BCUT2D eigenvalue weighted by molar-refractivity contribution is -0.0202. The molecule has 1 heterocycles. The van der Waals surface area contributed by atoms with Gasteiger partial charge in [-0.3, -0.25) is 0 Å². The zero-order chi connectivity index (χ0) is 11.1. The zero-order valence-corrected chi connectivity index (χ0v) is 10.5. The van der Waals surface area contributed by atoms with Crippen LogP contribution in [0.3, 0.4) is 0 Å². The summed E-state index contributed by atoms with van der Waals surface area (Å²) in [6.45, 7) is 8.57. The maximum atomic E-state index is 5.76. The van der Waals surface area contributed by atoms with Crippen LogP contribution < -0.4 is 5.32 Å². The Labute approximate surface area is 94.2 Å². The normalized spacial score (nSPS) is 24.4. The number of hydrogen-bond acceptors (Lipinski definition) is 3. The van der Waals surface area contributed by atoms with Crippen LogP contribution in [0.2, 0.25) is 0 Å². The van der Waals surface area contributed by atoms with E-state index in [1.165, 1.54) is 25.8 Å². The van der Waals surface area contributed by atoms with Crippen molar-refractivity contribution >= 4 is 0 Å². The van der Waals surface area contributed by atoms with Crippen molar-refractivity contribution in [2.75, 3.05) is 33.3 Å². The van der Waals surface area contributed by atoms with Crippen molar-refractivity contribution in [3.63, 3.8) is 0 Å². The molecule has 2 unspecified atom stereocenters. The summed E-state index contributed by atoms with van der Waals surface area (Å²) in [4.78, 5) is 2.42. The summed E-state index contributed by atoms with van der Waals surface area (Å²) in [7, 11) is 2.21. The smallest absolute Gasteiger partial charge is 0.0852 e. The maximum absolute atomic E-state index is 5.76. The summed E-state index contributed by atoms with van der Waals surface area (Å²) in [5.74, 6) is 0. The molecule has 1 aliphatic heterocycles. The van der Waals surface area contributed by atoms with Crippen LogP contribution in [0.15, 0.2) is 0 Å². The van der Waals surface area contributed by atoms with E-state index < -0.39 is 0 Å². The van der Waals surface area contributed by atoms with Crippen molar-refractivity contribution < 1.29 is 4.74 Å². The molecule has 0 aliphatic carbocycles. The largest absolute Gasteiger partial charge is 0.374 e. The fourth-order valence-corrected chi connectivity index (χ4v) is 1.99. The second-order valence-electron chi connectivity index (χ2n) is 4.54. The molecule has 1 aliphatic rings. The van der Waals surface area contributed by atoms with Gasteiger partial charge in [0.1, 0.15) is 0 Å². The van der Waals surface area contributed by atoms with Gasteiger partial charge in [0.2, 0.25) is 0 Å². The minimum atomic E-state index is 0.366. The molecule has 0 aromatic rings. The molecule has 1 saturated heterocycles. The molecule has 15 heavy (non-hydrogen) atoms. The van der Waals surface area contributed by atoms with E-state index in [-0.39, 0.29) is 0 Å². The third-order valence-corrected chi connectivity index (χ3v) is 3.30. The van der Waals surface area contributed by atoms with Crippen LogP contribution in [0.25, 0.3) is 0 Å². The lowest BCUT2D eigenvalue weighted by atomic mass is 10.1. The molecule has 1 N–H and O–H groups in total. The average molecular weight is 214 g/mol. The maximum Gasteiger partial charge on any atom is 0.0852 e. The standard InChI is InChI=1S/C12H26N2O/c1-4-5-6-8-14(3)11(2)12-10-13-7-9-15-12/h11-13H,4-10H2,1-3H3. The van der Waals surface area contributed by atoms with Crippen molar-refractivity contribution in [1.29, 1.82) is 0 Å². The molecule has 90 valence electrons. The van der Waals surface area contributed by atoms with Gasteiger partial charge in [-0.2, -0.15) is 0 Å². The molecule has 1 fully saturated rings. The molecule has 0 aromatic carbocycles. The zero-order valence-electron chi connectivity index (χ0n) is 10.5. The Kier molecular flexibility index (Phi) is 6.22. The van der Waals surface area contributed by atoms with Gasteiger partial charge >= 0.3 is 0 Å². The Morgan fingerprint density at radius 2 is 2.27 bits per heavy atom. The predicted octanol–water partition coefficient (Wildman–Crippen LogP) is 1.49. The highest BCUT2D eigenvalue weighted by atomic mass is 16.5. The first kappa shape index (κ1) is 12.9. The SMILES string of the molecule is CCCCCN(C)C(C)C1CNCCO1. The lowest BCUT2D eigenvalue weighted by Gasteiger charge is -2.34. The Balaban J connectivity index is 2.21. The first-order valence-corrected chi connectivity index (χ1v) is 6.28. The first-order valence-electron chi connectivity index (χ1n) is 6.28. The van der Waals surface area contributed by atoms with E-state index in [1.807, 2.05) is 0 Å². The van der Waals surface area contributed by atoms with Crippen LogP contribution in [-0.2, 0) is 4.74 Å². The molecule has 3 nitrogen and oxygen atoms in total. The monoisotopic (exact) mass is 214 g/mol. The molecule has 0 aromatic heterocycles. The fourth-order valence-electron chi connectivity index (χ4n) is 1.99. The van der Waals surface area contributed by atoms with E-state index >= 15 is 0 Å². The summed E-state index contributed by atoms with van der Waals surface area (Å²) < 4.78 is 5.76. The molecular formula is C12H26N2O. The summed E-state index contributed by atoms with van der Waals surface area (Å²) in [6, 6.07) is 0.523. The predicted molar refractivity (Wildman–Crippen MR) is 64.2 cm³/mol. The summed E-state index contributed by atoms with van der Waals surface area (Å²) in [6.07, 6.45) is 4.30. The highest BCUT2D eigenvalue weighted by molar-refractivity contribution is 4.78. The minimum absolute atomic E-state index is 0.366. The third-order valence-electron chi connectivity index (χ3n) is 3.30. The fraction of sp³-hybridized carbons (Fsp3) is 1.00. The minimum Gasteiger partial charge on any atom is -0.374 e. The van der Waals surface area contributed by atoms with Crippen LogP contribution in [0.1, 0.15) is 33.1 Å². The van der Waals surface area contributed by atoms with E-state index in [1.54, 1.807) is 0 Å². The molecule has 3 heteroatoms. The Morgan fingerprint density at radius 1 is 1.47 bits per heavy atom. The lowest BCUT2D eigenvalue weighted by Crippen LogP contribution is -2.50. The van der Waals surface area contributed by atoms with Gasteiger partial charge in [0.15, 0.2) is 0 Å². The molecule has 2 atom stereocenters. The number of rotatable bonds is 6. The molecule has 0 spiro atoms. The summed E-state index contributed by atoms with van der Waals surface area (Å²) >= 11 is 0.